The van der Waals surface area contributed by atoms with E-state index in [9.17, 15) is 4.79 Å². The van der Waals surface area contributed by atoms with Crippen molar-refractivity contribution in [2.75, 3.05) is 25.4 Å². The van der Waals surface area contributed by atoms with E-state index in [1.807, 2.05) is 23.1 Å². The van der Waals surface area contributed by atoms with E-state index in [-0.39, 0.29) is 5.91 Å². The van der Waals surface area contributed by atoms with E-state index in [0.717, 1.165) is 37.6 Å². The highest BCUT2D eigenvalue weighted by Gasteiger charge is 2.24. The summed E-state index contributed by atoms with van der Waals surface area (Å²) in [7, 11) is 0. The number of ether oxygens (including phenoxy) is 1. The number of nitrogen functional groups attached to an aromatic ring is 1. The molecule has 1 aliphatic heterocycles. The predicted molar refractivity (Wildman–Crippen MR) is 85.1 cm³/mol. The molecule has 1 fully saturated rings. The number of hydrogen-bond acceptors (Lipinski definition) is 3. The largest absolute Gasteiger partial charge is 0.493 e. The number of amides is 1. The number of carbonyl (C=O) groups is 1. The number of piperidine rings is 1. The third-order valence-electron chi connectivity index (χ3n) is 4.28. The zero-order valence-corrected chi connectivity index (χ0v) is 13.0. The second kappa shape index (κ2) is 7.34. The van der Waals surface area contributed by atoms with Gasteiger partial charge in [-0.2, -0.15) is 0 Å². The first-order chi connectivity index (χ1) is 10.1. The molecule has 1 aliphatic rings. The summed E-state index contributed by atoms with van der Waals surface area (Å²) in [6.07, 6.45) is 2.68. The van der Waals surface area contributed by atoms with Crippen molar-refractivity contribution >= 4 is 11.6 Å². The fourth-order valence-electron chi connectivity index (χ4n) is 2.83. The Kier molecular flexibility index (Phi) is 5.48. The Hall–Kier alpha value is -1.71. The molecule has 0 radical (unpaired) electrons. The lowest BCUT2D eigenvalue weighted by Gasteiger charge is -2.33. The highest BCUT2D eigenvalue weighted by Crippen LogP contribution is 2.24. The molecular formula is C17H26N2O2. The van der Waals surface area contributed by atoms with Crippen molar-refractivity contribution < 1.29 is 9.53 Å². The van der Waals surface area contributed by atoms with Gasteiger partial charge in [-0.05, 0) is 36.8 Å². The van der Waals surface area contributed by atoms with Crippen molar-refractivity contribution in [2.24, 2.45) is 11.8 Å². The average Bonchev–Trinajstić information content (AvgIpc) is 2.47. The van der Waals surface area contributed by atoms with Crippen LogP contribution in [0.4, 0.5) is 5.69 Å². The van der Waals surface area contributed by atoms with Crippen LogP contribution in [0.2, 0.25) is 0 Å². The Balaban J connectivity index is 1.71. The van der Waals surface area contributed by atoms with Gasteiger partial charge in [0.15, 0.2) is 0 Å². The van der Waals surface area contributed by atoms with Crippen LogP contribution in [0.25, 0.3) is 0 Å². The van der Waals surface area contributed by atoms with E-state index in [0.29, 0.717) is 24.6 Å². The lowest BCUT2D eigenvalue weighted by molar-refractivity contribution is -0.133. The standard InChI is InChI=1S/C17H26N2O2/c1-13(2)14-6-9-19(10-7-14)17(20)8-11-21-16-5-3-4-15(18)12-16/h3-5,12-14H,6-11,18H2,1-2H3. The van der Waals surface area contributed by atoms with Crippen molar-refractivity contribution in [3.8, 4) is 5.75 Å². The van der Waals surface area contributed by atoms with E-state index in [2.05, 4.69) is 13.8 Å². The molecule has 2 rings (SSSR count). The average molecular weight is 290 g/mol. The number of likely N-dealkylation sites (tertiary alicyclic amines) is 1. The van der Waals surface area contributed by atoms with Crippen LogP contribution >= 0.6 is 0 Å². The SMILES string of the molecule is CC(C)C1CCN(C(=O)CCOc2cccc(N)c2)CC1. The molecule has 1 aromatic rings. The highest BCUT2D eigenvalue weighted by molar-refractivity contribution is 5.76. The van der Waals surface area contributed by atoms with Crippen LogP contribution in [0.3, 0.4) is 0 Å². The number of hydrogen-bond donors (Lipinski definition) is 1. The summed E-state index contributed by atoms with van der Waals surface area (Å²) in [6, 6.07) is 7.30. The van der Waals surface area contributed by atoms with E-state index in [4.69, 9.17) is 10.5 Å². The van der Waals surface area contributed by atoms with E-state index in [1.165, 1.54) is 0 Å². The van der Waals surface area contributed by atoms with E-state index < -0.39 is 0 Å². The predicted octanol–water partition coefficient (Wildman–Crippen LogP) is 2.93. The minimum atomic E-state index is 0.195. The quantitative estimate of drug-likeness (QED) is 0.848. The molecule has 0 spiro atoms. The molecule has 21 heavy (non-hydrogen) atoms. The molecule has 1 heterocycles. The van der Waals surface area contributed by atoms with Gasteiger partial charge >= 0.3 is 0 Å². The van der Waals surface area contributed by atoms with Crippen LogP contribution in [0.15, 0.2) is 24.3 Å². The lowest BCUT2D eigenvalue weighted by atomic mass is 9.86. The van der Waals surface area contributed by atoms with E-state index in [1.54, 1.807) is 6.07 Å². The van der Waals surface area contributed by atoms with Gasteiger partial charge in [0.2, 0.25) is 5.91 Å². The summed E-state index contributed by atoms with van der Waals surface area (Å²) in [5.74, 6) is 2.40. The number of rotatable bonds is 5. The maximum Gasteiger partial charge on any atom is 0.225 e. The molecule has 2 N–H and O–H groups in total. The Morgan fingerprint density at radius 1 is 1.38 bits per heavy atom. The fraction of sp³-hybridized carbons (Fsp3) is 0.588. The normalized spacial score (nSPS) is 16.2. The first kappa shape index (κ1) is 15.7. The van der Waals surface area contributed by atoms with Gasteiger partial charge in [0, 0.05) is 24.8 Å². The minimum absolute atomic E-state index is 0.195. The van der Waals surface area contributed by atoms with Crippen LogP contribution in [-0.2, 0) is 4.79 Å². The van der Waals surface area contributed by atoms with Gasteiger partial charge in [0.25, 0.3) is 0 Å². The molecule has 0 saturated carbocycles. The van der Waals surface area contributed by atoms with Gasteiger partial charge in [0.1, 0.15) is 5.75 Å². The van der Waals surface area contributed by atoms with Crippen molar-refractivity contribution in [1.29, 1.82) is 0 Å². The second-order valence-electron chi connectivity index (χ2n) is 6.13. The zero-order valence-electron chi connectivity index (χ0n) is 13.0. The van der Waals surface area contributed by atoms with Gasteiger partial charge in [-0.15, -0.1) is 0 Å². The monoisotopic (exact) mass is 290 g/mol. The summed E-state index contributed by atoms with van der Waals surface area (Å²) in [4.78, 5) is 14.1. The van der Waals surface area contributed by atoms with Gasteiger partial charge in [-0.25, -0.2) is 0 Å². The van der Waals surface area contributed by atoms with Crippen molar-refractivity contribution in [2.45, 2.75) is 33.1 Å². The molecule has 0 aromatic heterocycles. The third kappa shape index (κ3) is 4.66. The summed E-state index contributed by atoms with van der Waals surface area (Å²) in [6.45, 7) is 6.72. The van der Waals surface area contributed by atoms with Gasteiger partial charge < -0.3 is 15.4 Å². The van der Waals surface area contributed by atoms with Crippen LogP contribution < -0.4 is 10.5 Å². The maximum absolute atomic E-state index is 12.2. The van der Waals surface area contributed by atoms with Gasteiger partial charge in [0.05, 0.1) is 13.0 Å². The molecule has 0 atom stereocenters. The van der Waals surface area contributed by atoms with Gasteiger partial charge in [-0.1, -0.05) is 19.9 Å². The molecule has 4 nitrogen and oxygen atoms in total. The van der Waals surface area contributed by atoms with Crippen LogP contribution in [0.5, 0.6) is 5.75 Å². The lowest BCUT2D eigenvalue weighted by Crippen LogP contribution is -2.40. The molecule has 1 saturated heterocycles. The smallest absolute Gasteiger partial charge is 0.225 e. The zero-order chi connectivity index (χ0) is 15.2. The molecule has 4 heteroatoms. The number of nitrogens with two attached hydrogens (primary N) is 1. The Morgan fingerprint density at radius 3 is 2.71 bits per heavy atom. The Morgan fingerprint density at radius 2 is 2.10 bits per heavy atom. The molecule has 0 unspecified atom stereocenters. The first-order valence-corrected chi connectivity index (χ1v) is 7.82. The van der Waals surface area contributed by atoms with Crippen LogP contribution in [0.1, 0.15) is 33.1 Å². The van der Waals surface area contributed by atoms with Crippen LogP contribution in [0, 0.1) is 11.8 Å². The number of carbonyl (C=O) groups excluding carboxylic acids is 1. The minimum Gasteiger partial charge on any atom is -0.493 e. The second-order valence-corrected chi connectivity index (χ2v) is 6.13. The Bertz CT molecular complexity index is 466. The number of nitrogens with zero attached hydrogens (tertiary/aromatic N) is 1. The Labute approximate surface area is 127 Å². The number of anilines is 1. The molecule has 0 aliphatic carbocycles. The maximum atomic E-state index is 12.2. The third-order valence-corrected chi connectivity index (χ3v) is 4.28. The molecule has 1 aromatic carbocycles. The molecule has 116 valence electrons. The van der Waals surface area contributed by atoms with Gasteiger partial charge in [-0.3, -0.25) is 4.79 Å². The summed E-state index contributed by atoms with van der Waals surface area (Å²) in [5, 5.41) is 0. The summed E-state index contributed by atoms with van der Waals surface area (Å²) >= 11 is 0. The first-order valence-electron chi connectivity index (χ1n) is 7.82. The van der Waals surface area contributed by atoms with Crippen LogP contribution in [-0.4, -0.2) is 30.5 Å². The van der Waals surface area contributed by atoms with Crippen molar-refractivity contribution in [3.63, 3.8) is 0 Å². The summed E-state index contributed by atoms with van der Waals surface area (Å²) in [5.41, 5.74) is 6.36. The van der Waals surface area contributed by atoms with Crippen molar-refractivity contribution in [3.05, 3.63) is 24.3 Å². The number of benzene rings is 1. The molecular weight excluding hydrogens is 264 g/mol. The molecule has 1 amide bonds. The highest BCUT2D eigenvalue weighted by atomic mass is 16.5. The molecule has 0 bridgehead atoms. The summed E-state index contributed by atoms with van der Waals surface area (Å²) < 4.78 is 5.58. The topological polar surface area (TPSA) is 55.6 Å². The fourth-order valence-corrected chi connectivity index (χ4v) is 2.83. The van der Waals surface area contributed by atoms with E-state index >= 15 is 0 Å². The van der Waals surface area contributed by atoms with Crippen molar-refractivity contribution in [1.82, 2.24) is 4.90 Å².